The molecule has 0 aromatic heterocycles. The number of carbonyl (C=O) groups is 1. The molecule has 0 amide bonds. The van der Waals surface area contributed by atoms with Crippen LogP contribution >= 0.6 is 11.6 Å². The van der Waals surface area contributed by atoms with Crippen molar-refractivity contribution >= 4 is 23.3 Å². The van der Waals surface area contributed by atoms with Crippen LogP contribution in [-0.2, 0) is 4.79 Å². The molecule has 0 heterocycles. The second kappa shape index (κ2) is 6.26. The van der Waals surface area contributed by atoms with Gasteiger partial charge in [0.1, 0.15) is 0 Å². The summed E-state index contributed by atoms with van der Waals surface area (Å²) in [6, 6.07) is 15.3. The number of hydrogen-bond donors (Lipinski definition) is 2. The van der Waals surface area contributed by atoms with Crippen molar-refractivity contribution in [2.45, 2.75) is 0 Å². The molecule has 0 aliphatic rings. The molecule has 0 unspecified atom stereocenters. The molecule has 0 radical (unpaired) electrons. The molecule has 3 nitrogen and oxygen atoms in total. The maximum absolute atomic E-state index is 10.6. The summed E-state index contributed by atoms with van der Waals surface area (Å²) in [6.45, 7) is 3.69. The van der Waals surface area contributed by atoms with E-state index in [1.54, 1.807) is 0 Å². The number of benzene rings is 2. The Morgan fingerprint density at radius 1 is 1.05 bits per heavy atom. The van der Waals surface area contributed by atoms with Gasteiger partial charge in [-0.1, -0.05) is 42.4 Å². The lowest BCUT2D eigenvalue weighted by molar-refractivity contribution is -0.132. The van der Waals surface area contributed by atoms with Gasteiger partial charge in [0.2, 0.25) is 0 Å². The largest absolute Gasteiger partial charge is 0.478 e. The summed E-state index contributed by atoms with van der Waals surface area (Å²) >= 11 is 5.85. The third-order valence-corrected chi connectivity index (χ3v) is 3.12. The van der Waals surface area contributed by atoms with Gasteiger partial charge in [0.15, 0.2) is 0 Å². The summed E-state index contributed by atoms with van der Waals surface area (Å²) in [4.78, 5) is 10.6. The van der Waals surface area contributed by atoms with Crippen LogP contribution in [0.4, 0.5) is 5.69 Å². The average molecular weight is 288 g/mol. The summed E-state index contributed by atoms with van der Waals surface area (Å²) in [7, 11) is 0. The van der Waals surface area contributed by atoms with E-state index in [1.165, 1.54) is 0 Å². The molecule has 2 aromatic carbocycles. The normalized spacial score (nSPS) is 10.1. The van der Waals surface area contributed by atoms with E-state index < -0.39 is 5.97 Å². The fourth-order valence-corrected chi connectivity index (χ4v) is 1.83. The lowest BCUT2D eigenvalue weighted by Gasteiger charge is -2.07. The first-order chi connectivity index (χ1) is 9.56. The summed E-state index contributed by atoms with van der Waals surface area (Å²) in [5.74, 6) is -0.990. The Kier molecular flexibility index (Phi) is 4.43. The van der Waals surface area contributed by atoms with Crippen molar-refractivity contribution in [2.24, 2.45) is 0 Å². The second-order valence-corrected chi connectivity index (χ2v) is 4.78. The van der Waals surface area contributed by atoms with E-state index in [2.05, 4.69) is 11.9 Å². The number of carboxylic acids is 1. The molecule has 0 aliphatic carbocycles. The van der Waals surface area contributed by atoms with Crippen LogP contribution in [0.15, 0.2) is 60.7 Å². The highest BCUT2D eigenvalue weighted by molar-refractivity contribution is 6.30. The first kappa shape index (κ1) is 14.2. The third kappa shape index (κ3) is 3.62. The number of halogens is 1. The molecule has 2 rings (SSSR count). The number of nitrogens with one attached hydrogen (secondary N) is 1. The molecule has 4 heteroatoms. The fraction of sp³-hybridized carbons (Fsp3) is 0.0625. The minimum Gasteiger partial charge on any atom is -0.478 e. The molecule has 102 valence electrons. The Morgan fingerprint density at radius 3 is 2.05 bits per heavy atom. The predicted molar refractivity (Wildman–Crippen MR) is 82.2 cm³/mol. The maximum atomic E-state index is 10.6. The van der Waals surface area contributed by atoms with Crippen LogP contribution in [0.1, 0.15) is 0 Å². The molecule has 0 spiro atoms. The number of rotatable bonds is 5. The van der Waals surface area contributed by atoms with Gasteiger partial charge in [-0.05, 0) is 35.4 Å². The molecular formula is C16H14ClNO2. The monoisotopic (exact) mass is 287 g/mol. The van der Waals surface area contributed by atoms with E-state index in [9.17, 15) is 4.79 Å². The predicted octanol–water partition coefficient (Wildman–Crippen LogP) is 4.06. The number of anilines is 1. The molecule has 2 aromatic rings. The molecule has 0 saturated carbocycles. The molecule has 0 saturated heterocycles. The zero-order valence-electron chi connectivity index (χ0n) is 10.8. The zero-order valence-corrected chi connectivity index (χ0v) is 11.5. The number of carboxylic acid groups (broad SMARTS) is 1. The van der Waals surface area contributed by atoms with E-state index in [4.69, 9.17) is 16.7 Å². The Hall–Kier alpha value is -2.26. The van der Waals surface area contributed by atoms with E-state index >= 15 is 0 Å². The molecule has 0 atom stereocenters. The van der Waals surface area contributed by atoms with E-state index in [0.717, 1.165) is 16.8 Å². The van der Waals surface area contributed by atoms with Crippen molar-refractivity contribution in [1.29, 1.82) is 0 Å². The Labute approximate surface area is 122 Å². The summed E-state index contributed by atoms with van der Waals surface area (Å²) in [5.41, 5.74) is 3.14. The highest BCUT2D eigenvalue weighted by Gasteiger charge is 2.03. The van der Waals surface area contributed by atoms with Gasteiger partial charge < -0.3 is 10.4 Å². The summed E-state index contributed by atoms with van der Waals surface area (Å²) in [5, 5.41) is 12.4. The quantitative estimate of drug-likeness (QED) is 0.815. The van der Waals surface area contributed by atoms with Gasteiger partial charge in [-0.3, -0.25) is 0 Å². The second-order valence-electron chi connectivity index (χ2n) is 4.35. The van der Waals surface area contributed by atoms with Crippen molar-refractivity contribution in [1.82, 2.24) is 0 Å². The van der Waals surface area contributed by atoms with Crippen LogP contribution in [-0.4, -0.2) is 17.6 Å². The van der Waals surface area contributed by atoms with Crippen molar-refractivity contribution in [2.75, 3.05) is 11.9 Å². The van der Waals surface area contributed by atoms with Gasteiger partial charge in [0.05, 0.1) is 0 Å². The molecule has 0 fully saturated rings. The fourth-order valence-electron chi connectivity index (χ4n) is 1.71. The highest BCUT2D eigenvalue weighted by atomic mass is 35.5. The number of hydrogen-bond acceptors (Lipinski definition) is 2. The molecule has 0 aliphatic heterocycles. The summed E-state index contributed by atoms with van der Waals surface area (Å²) < 4.78 is 0. The molecule has 2 N–H and O–H groups in total. The van der Waals surface area contributed by atoms with E-state index in [0.29, 0.717) is 5.02 Å². The average Bonchev–Trinajstić information content (AvgIpc) is 2.46. The molecule has 20 heavy (non-hydrogen) atoms. The van der Waals surface area contributed by atoms with Gasteiger partial charge in [-0.25, -0.2) is 4.79 Å². The Morgan fingerprint density at radius 2 is 1.55 bits per heavy atom. The van der Waals surface area contributed by atoms with Gasteiger partial charge in [-0.2, -0.15) is 0 Å². The van der Waals surface area contributed by atoms with Crippen LogP contribution in [0.2, 0.25) is 5.02 Å². The van der Waals surface area contributed by atoms with Gasteiger partial charge in [0, 0.05) is 22.8 Å². The van der Waals surface area contributed by atoms with Crippen molar-refractivity contribution in [3.05, 3.63) is 65.7 Å². The lowest BCUT2D eigenvalue weighted by Crippen LogP contribution is -2.10. The van der Waals surface area contributed by atoms with Crippen LogP contribution in [0, 0.1) is 0 Å². The SMILES string of the molecule is C=C(CNc1ccc(-c2ccc(Cl)cc2)cc1)C(=O)O. The van der Waals surface area contributed by atoms with Crippen molar-refractivity contribution in [3.63, 3.8) is 0 Å². The van der Waals surface area contributed by atoms with Gasteiger partial charge in [0.25, 0.3) is 0 Å². The molecule has 0 bridgehead atoms. The zero-order chi connectivity index (χ0) is 14.5. The minimum atomic E-state index is -0.990. The van der Waals surface area contributed by atoms with Gasteiger partial charge in [-0.15, -0.1) is 0 Å². The van der Waals surface area contributed by atoms with Crippen molar-refractivity contribution < 1.29 is 9.90 Å². The van der Waals surface area contributed by atoms with Crippen LogP contribution in [0.3, 0.4) is 0 Å². The Bertz CT molecular complexity index is 618. The van der Waals surface area contributed by atoms with Crippen molar-refractivity contribution in [3.8, 4) is 11.1 Å². The smallest absolute Gasteiger partial charge is 0.332 e. The first-order valence-electron chi connectivity index (χ1n) is 6.07. The molecular weight excluding hydrogens is 274 g/mol. The standard InChI is InChI=1S/C16H14ClNO2/c1-11(16(19)20)10-18-15-8-4-13(5-9-15)12-2-6-14(17)7-3-12/h2-9,18H,1,10H2,(H,19,20). The first-order valence-corrected chi connectivity index (χ1v) is 6.45. The highest BCUT2D eigenvalue weighted by Crippen LogP contribution is 2.23. The number of aliphatic carboxylic acids is 1. The van der Waals surface area contributed by atoms with Crippen LogP contribution in [0.25, 0.3) is 11.1 Å². The van der Waals surface area contributed by atoms with E-state index in [-0.39, 0.29) is 12.1 Å². The van der Waals surface area contributed by atoms with Crippen LogP contribution in [0.5, 0.6) is 0 Å². The maximum Gasteiger partial charge on any atom is 0.332 e. The Balaban J connectivity index is 2.04. The topological polar surface area (TPSA) is 49.3 Å². The summed E-state index contributed by atoms with van der Waals surface area (Å²) in [6.07, 6.45) is 0. The van der Waals surface area contributed by atoms with Crippen LogP contribution < -0.4 is 5.32 Å². The minimum absolute atomic E-state index is 0.131. The van der Waals surface area contributed by atoms with E-state index in [1.807, 2.05) is 48.5 Å². The van der Waals surface area contributed by atoms with Gasteiger partial charge >= 0.3 is 5.97 Å². The third-order valence-electron chi connectivity index (χ3n) is 2.87. The lowest BCUT2D eigenvalue weighted by atomic mass is 10.1.